The molecule has 1 aromatic rings. The van der Waals surface area contributed by atoms with E-state index in [2.05, 4.69) is 21.2 Å². The summed E-state index contributed by atoms with van der Waals surface area (Å²) >= 11 is 3.36. The first kappa shape index (κ1) is 21.4. The van der Waals surface area contributed by atoms with Gasteiger partial charge in [-0.15, -0.1) is 12.4 Å². The number of aliphatic hydroxyl groups is 1. The number of amides is 1. The molecule has 1 amide bonds. The molecular formula is C16H26BrClN2O2. The molecular weight excluding hydrogens is 368 g/mol. The van der Waals surface area contributed by atoms with E-state index in [1.807, 2.05) is 38.1 Å². The molecule has 0 aromatic heterocycles. The van der Waals surface area contributed by atoms with Crippen molar-refractivity contribution in [2.45, 2.75) is 45.8 Å². The van der Waals surface area contributed by atoms with E-state index in [1.165, 1.54) is 0 Å². The highest BCUT2D eigenvalue weighted by atomic mass is 79.9. The van der Waals surface area contributed by atoms with Crippen molar-refractivity contribution < 1.29 is 9.90 Å². The Morgan fingerprint density at radius 2 is 1.82 bits per heavy atom. The number of rotatable bonds is 6. The van der Waals surface area contributed by atoms with Crippen LogP contribution in [0.15, 0.2) is 28.7 Å². The van der Waals surface area contributed by atoms with Crippen molar-refractivity contribution in [2.75, 3.05) is 6.54 Å². The molecule has 0 heterocycles. The van der Waals surface area contributed by atoms with Gasteiger partial charge in [0.2, 0.25) is 5.91 Å². The van der Waals surface area contributed by atoms with E-state index in [1.54, 1.807) is 13.8 Å². The van der Waals surface area contributed by atoms with Gasteiger partial charge in [-0.3, -0.25) is 4.79 Å². The van der Waals surface area contributed by atoms with Crippen molar-refractivity contribution in [1.29, 1.82) is 0 Å². The molecule has 6 heteroatoms. The number of carbonyl (C=O) groups is 1. The van der Waals surface area contributed by atoms with Crippen LogP contribution in [0.3, 0.4) is 0 Å². The second-order valence-electron chi connectivity index (χ2n) is 6.61. The molecule has 126 valence electrons. The Morgan fingerprint density at radius 1 is 1.32 bits per heavy atom. The molecule has 0 aliphatic carbocycles. The van der Waals surface area contributed by atoms with Crippen LogP contribution in [0, 0.1) is 5.41 Å². The minimum absolute atomic E-state index is 0. The Morgan fingerprint density at radius 3 is 2.27 bits per heavy atom. The van der Waals surface area contributed by atoms with E-state index in [4.69, 9.17) is 5.73 Å². The number of hydrogen-bond acceptors (Lipinski definition) is 3. The minimum Gasteiger partial charge on any atom is -0.393 e. The van der Waals surface area contributed by atoms with Crippen molar-refractivity contribution in [3.05, 3.63) is 34.3 Å². The topological polar surface area (TPSA) is 75.3 Å². The van der Waals surface area contributed by atoms with Crippen LogP contribution in [0.25, 0.3) is 0 Å². The molecule has 0 saturated carbocycles. The van der Waals surface area contributed by atoms with Gasteiger partial charge < -0.3 is 16.2 Å². The lowest BCUT2D eigenvalue weighted by atomic mass is 9.86. The average molecular weight is 394 g/mol. The third-order valence-electron chi connectivity index (χ3n) is 3.49. The van der Waals surface area contributed by atoms with Gasteiger partial charge in [0.05, 0.1) is 6.10 Å². The van der Waals surface area contributed by atoms with Crippen molar-refractivity contribution in [1.82, 2.24) is 5.32 Å². The maximum absolute atomic E-state index is 12.4. The molecule has 0 radical (unpaired) electrons. The first-order valence-electron chi connectivity index (χ1n) is 7.06. The first-order chi connectivity index (χ1) is 9.54. The van der Waals surface area contributed by atoms with Gasteiger partial charge in [-0.1, -0.05) is 41.9 Å². The summed E-state index contributed by atoms with van der Waals surface area (Å²) in [6.45, 7) is 7.94. The minimum atomic E-state index is -1.08. The predicted molar refractivity (Wildman–Crippen MR) is 96.0 cm³/mol. The van der Waals surface area contributed by atoms with Gasteiger partial charge in [-0.25, -0.2) is 0 Å². The second-order valence-corrected chi connectivity index (χ2v) is 7.52. The molecule has 0 spiro atoms. The fraction of sp³-hybridized carbons (Fsp3) is 0.562. The highest BCUT2D eigenvalue weighted by Gasteiger charge is 2.32. The molecule has 1 rings (SSSR count). The van der Waals surface area contributed by atoms with Crippen molar-refractivity contribution >= 4 is 34.2 Å². The van der Waals surface area contributed by atoms with Crippen LogP contribution in [0.2, 0.25) is 0 Å². The third-order valence-corrected chi connectivity index (χ3v) is 4.02. The highest BCUT2D eigenvalue weighted by molar-refractivity contribution is 9.10. The van der Waals surface area contributed by atoms with Gasteiger partial charge in [-0.2, -0.15) is 0 Å². The van der Waals surface area contributed by atoms with E-state index < -0.39 is 11.6 Å². The Kier molecular flexibility index (Phi) is 8.06. The number of hydrogen-bond donors (Lipinski definition) is 3. The van der Waals surface area contributed by atoms with E-state index in [0.29, 0.717) is 13.0 Å². The van der Waals surface area contributed by atoms with Crippen LogP contribution in [0.1, 0.15) is 39.7 Å². The fourth-order valence-corrected chi connectivity index (χ4v) is 2.57. The first-order valence-corrected chi connectivity index (χ1v) is 7.85. The summed E-state index contributed by atoms with van der Waals surface area (Å²) in [5.41, 5.74) is 5.68. The summed E-state index contributed by atoms with van der Waals surface area (Å²) in [6.07, 6.45) is 0.222. The lowest BCUT2D eigenvalue weighted by Crippen LogP contribution is -2.51. The summed E-state index contributed by atoms with van der Waals surface area (Å²) in [4.78, 5) is 12.4. The Hall–Kier alpha value is -0.620. The lowest BCUT2D eigenvalue weighted by Gasteiger charge is -2.30. The zero-order chi connectivity index (χ0) is 16.3. The molecule has 0 saturated heterocycles. The van der Waals surface area contributed by atoms with Crippen LogP contribution in [-0.4, -0.2) is 23.7 Å². The molecule has 22 heavy (non-hydrogen) atoms. The molecule has 0 bridgehead atoms. The molecule has 0 aliphatic heterocycles. The zero-order valence-corrected chi connectivity index (χ0v) is 15.9. The predicted octanol–water partition coefficient (Wildman–Crippen LogP) is 2.96. The summed E-state index contributed by atoms with van der Waals surface area (Å²) in [5.74, 6) is -0.219. The quantitative estimate of drug-likeness (QED) is 0.695. The number of carbonyl (C=O) groups excluding carboxylic acids is 1. The number of halogens is 2. The molecule has 4 nitrogen and oxygen atoms in total. The van der Waals surface area contributed by atoms with Crippen LogP contribution in [-0.2, 0) is 10.3 Å². The molecule has 0 fully saturated rings. The SMILES string of the molecule is CC(O)CC(C)(C)CNC(=O)C(C)(N)c1ccc(Br)cc1.Cl. The van der Waals surface area contributed by atoms with Crippen molar-refractivity contribution in [2.24, 2.45) is 11.1 Å². The Labute approximate surface area is 147 Å². The summed E-state index contributed by atoms with van der Waals surface area (Å²) < 4.78 is 0.945. The standard InChI is InChI=1S/C16H25BrN2O2.ClH/c1-11(20)9-15(2,3)10-19-14(21)16(4,18)12-5-7-13(17)8-6-12;/h5-8,11,20H,9-10,18H2,1-4H3,(H,19,21);1H. The van der Waals surface area contributed by atoms with Gasteiger partial charge >= 0.3 is 0 Å². The molecule has 2 unspecified atom stereocenters. The molecule has 0 aliphatic rings. The monoisotopic (exact) mass is 392 g/mol. The van der Waals surface area contributed by atoms with Crippen LogP contribution < -0.4 is 11.1 Å². The third kappa shape index (κ3) is 6.24. The number of nitrogens with one attached hydrogen (secondary N) is 1. The van der Waals surface area contributed by atoms with E-state index in [9.17, 15) is 9.90 Å². The van der Waals surface area contributed by atoms with Crippen LogP contribution >= 0.6 is 28.3 Å². The smallest absolute Gasteiger partial charge is 0.244 e. The van der Waals surface area contributed by atoms with Crippen LogP contribution in [0.5, 0.6) is 0 Å². The maximum atomic E-state index is 12.4. The Bertz CT molecular complexity index is 487. The van der Waals surface area contributed by atoms with Gasteiger partial charge in [0.15, 0.2) is 0 Å². The van der Waals surface area contributed by atoms with Crippen LogP contribution in [0.4, 0.5) is 0 Å². The number of nitrogens with two attached hydrogens (primary N) is 1. The van der Waals surface area contributed by atoms with Crippen molar-refractivity contribution in [3.8, 4) is 0 Å². The summed E-state index contributed by atoms with van der Waals surface area (Å²) in [6, 6.07) is 7.41. The summed E-state index contributed by atoms with van der Waals surface area (Å²) in [7, 11) is 0. The van der Waals surface area contributed by atoms with Crippen molar-refractivity contribution in [3.63, 3.8) is 0 Å². The zero-order valence-electron chi connectivity index (χ0n) is 13.5. The number of aliphatic hydroxyl groups excluding tert-OH is 1. The Balaban J connectivity index is 0.00000441. The summed E-state index contributed by atoms with van der Waals surface area (Å²) in [5, 5.41) is 12.4. The normalized spacial score (nSPS) is 15.4. The highest BCUT2D eigenvalue weighted by Crippen LogP contribution is 2.23. The second kappa shape index (κ2) is 8.29. The van der Waals surface area contributed by atoms with Gasteiger partial charge in [0.1, 0.15) is 5.54 Å². The maximum Gasteiger partial charge on any atom is 0.244 e. The molecule has 1 aromatic carbocycles. The molecule has 2 atom stereocenters. The van der Waals surface area contributed by atoms with Gasteiger partial charge in [-0.05, 0) is 43.4 Å². The average Bonchev–Trinajstić information content (AvgIpc) is 2.35. The van der Waals surface area contributed by atoms with E-state index in [0.717, 1.165) is 10.0 Å². The lowest BCUT2D eigenvalue weighted by molar-refractivity contribution is -0.126. The largest absolute Gasteiger partial charge is 0.393 e. The van der Waals surface area contributed by atoms with E-state index >= 15 is 0 Å². The van der Waals surface area contributed by atoms with Gasteiger partial charge in [0, 0.05) is 11.0 Å². The molecule has 4 N–H and O–H groups in total. The number of benzene rings is 1. The fourth-order valence-electron chi connectivity index (χ4n) is 2.30. The van der Waals surface area contributed by atoms with Gasteiger partial charge in [0.25, 0.3) is 0 Å². The van der Waals surface area contributed by atoms with E-state index in [-0.39, 0.29) is 23.7 Å².